The van der Waals surface area contributed by atoms with Crippen molar-refractivity contribution >= 4 is 5.78 Å². The van der Waals surface area contributed by atoms with E-state index in [0.717, 1.165) is 0 Å². The summed E-state index contributed by atoms with van der Waals surface area (Å²) in [6.45, 7) is 6.10. The molecule has 206 valence electrons. The van der Waals surface area contributed by atoms with Gasteiger partial charge in [0.05, 0.1) is 47.8 Å². The van der Waals surface area contributed by atoms with Gasteiger partial charge in [0.2, 0.25) is 0 Å². The Hall–Kier alpha value is -0.910. The zero-order valence-corrected chi connectivity index (χ0v) is 21.8. The van der Waals surface area contributed by atoms with Crippen LogP contribution in [0.4, 0.5) is 0 Å². The molecule has 0 bridgehead atoms. The standard InChI is InChI=1S/C27H44O9/c1-23(34,13-28)7-6-21(33)26(4,35)20-5-8-27(36)15-10-16(29)14-9-17(30)18(31)11-24(14,2)22(15)19(32)12-25(20,27)3/h10,14,17-22,28,30-36H,5-9,11-13H2,1-4H3/t14-,17+,18-,19+,20-,21?,22+,23?,24-,25+,26?,27+/m0/s1. The number of aliphatic hydroxyl groups excluding tert-OH is 5. The second-order valence-electron chi connectivity index (χ2n) is 13.2. The minimum absolute atomic E-state index is 0.0257. The van der Waals surface area contributed by atoms with Gasteiger partial charge in [-0.3, -0.25) is 4.79 Å². The third kappa shape index (κ3) is 3.93. The molecule has 36 heavy (non-hydrogen) atoms. The SMILES string of the molecule is CC(O)(CO)CCC(O)C(C)(O)[C@H]1CC[C@@]2(O)C3=CC(=O)[C@@H]4C[C@@H](O)[C@@H](O)C[C@]4(C)[C@H]3[C@H](O)C[C@]12C. The van der Waals surface area contributed by atoms with Crippen LogP contribution in [-0.2, 0) is 4.79 Å². The first-order chi connectivity index (χ1) is 16.4. The molecule has 12 atom stereocenters. The maximum absolute atomic E-state index is 13.3. The van der Waals surface area contributed by atoms with Crippen molar-refractivity contribution in [2.24, 2.45) is 28.6 Å². The molecule has 4 aliphatic carbocycles. The molecule has 0 aromatic carbocycles. The van der Waals surface area contributed by atoms with E-state index in [-0.39, 0.29) is 44.3 Å². The molecule has 0 amide bonds. The molecule has 3 fully saturated rings. The highest BCUT2D eigenvalue weighted by Gasteiger charge is 2.71. The molecule has 0 spiro atoms. The lowest BCUT2D eigenvalue weighted by molar-refractivity contribution is -0.197. The monoisotopic (exact) mass is 512 g/mol. The summed E-state index contributed by atoms with van der Waals surface area (Å²) in [6, 6.07) is 0. The lowest BCUT2D eigenvalue weighted by Crippen LogP contribution is -2.66. The largest absolute Gasteiger partial charge is 0.393 e. The molecule has 4 aliphatic rings. The summed E-state index contributed by atoms with van der Waals surface area (Å²) >= 11 is 0. The van der Waals surface area contributed by atoms with Gasteiger partial charge in [-0.1, -0.05) is 13.8 Å². The van der Waals surface area contributed by atoms with E-state index in [0.29, 0.717) is 12.0 Å². The fourth-order valence-electron chi connectivity index (χ4n) is 8.48. The molecule has 0 aromatic rings. The summed E-state index contributed by atoms with van der Waals surface area (Å²) in [5.41, 5.74) is -6.06. The molecule has 0 aromatic heterocycles. The van der Waals surface area contributed by atoms with E-state index in [1.807, 2.05) is 6.92 Å². The average Bonchev–Trinajstić information content (AvgIpc) is 3.05. The van der Waals surface area contributed by atoms with E-state index in [1.165, 1.54) is 19.9 Å². The van der Waals surface area contributed by atoms with Crippen LogP contribution >= 0.6 is 0 Å². The summed E-state index contributed by atoms with van der Waals surface area (Å²) in [5, 5.41) is 86.4. The van der Waals surface area contributed by atoms with Crippen LogP contribution in [0.15, 0.2) is 11.6 Å². The van der Waals surface area contributed by atoms with Crippen LogP contribution in [0.2, 0.25) is 0 Å². The number of hydrogen-bond acceptors (Lipinski definition) is 9. The Bertz CT molecular complexity index is 915. The third-order valence-corrected chi connectivity index (χ3v) is 10.7. The maximum atomic E-state index is 13.3. The highest BCUT2D eigenvalue weighted by atomic mass is 16.3. The number of ketones is 1. The number of aliphatic hydroxyl groups is 8. The van der Waals surface area contributed by atoms with Gasteiger partial charge < -0.3 is 40.9 Å². The van der Waals surface area contributed by atoms with Crippen LogP contribution < -0.4 is 0 Å². The minimum atomic E-state index is -1.67. The van der Waals surface area contributed by atoms with E-state index in [9.17, 15) is 45.6 Å². The second-order valence-corrected chi connectivity index (χ2v) is 13.2. The van der Waals surface area contributed by atoms with Crippen LogP contribution in [0.3, 0.4) is 0 Å². The minimum Gasteiger partial charge on any atom is -0.393 e. The smallest absolute Gasteiger partial charge is 0.159 e. The predicted octanol–water partition coefficient (Wildman–Crippen LogP) is -0.203. The van der Waals surface area contributed by atoms with Crippen molar-refractivity contribution in [2.45, 2.75) is 114 Å². The number of carbonyl (C=O) groups is 1. The summed E-state index contributed by atoms with van der Waals surface area (Å²) in [6.07, 6.45) is -1.82. The highest BCUT2D eigenvalue weighted by Crippen LogP contribution is 2.68. The number of hydrogen-bond donors (Lipinski definition) is 8. The first-order valence-electron chi connectivity index (χ1n) is 13.2. The molecule has 9 heteroatoms. The Morgan fingerprint density at radius 2 is 1.72 bits per heavy atom. The van der Waals surface area contributed by atoms with Crippen molar-refractivity contribution in [2.75, 3.05) is 6.61 Å². The molecule has 0 radical (unpaired) electrons. The third-order valence-electron chi connectivity index (χ3n) is 10.7. The Labute approximate surface area is 212 Å². The summed E-state index contributed by atoms with van der Waals surface area (Å²) in [5.74, 6) is -2.02. The van der Waals surface area contributed by atoms with Crippen LogP contribution in [0.5, 0.6) is 0 Å². The molecule has 4 rings (SSSR count). The Morgan fingerprint density at radius 3 is 2.33 bits per heavy atom. The van der Waals surface area contributed by atoms with Crippen molar-refractivity contribution in [3.8, 4) is 0 Å². The van der Waals surface area contributed by atoms with Crippen molar-refractivity contribution < 1.29 is 45.6 Å². The van der Waals surface area contributed by atoms with E-state index in [2.05, 4.69) is 0 Å². The molecule has 0 aliphatic heterocycles. The first-order valence-corrected chi connectivity index (χ1v) is 13.2. The number of carbonyl (C=O) groups excluding carboxylic acids is 1. The summed E-state index contributed by atoms with van der Waals surface area (Å²) in [7, 11) is 0. The van der Waals surface area contributed by atoms with Crippen molar-refractivity contribution in [3.05, 3.63) is 11.6 Å². The van der Waals surface area contributed by atoms with Crippen LogP contribution in [0.25, 0.3) is 0 Å². The molecule has 3 saturated carbocycles. The van der Waals surface area contributed by atoms with Gasteiger partial charge in [0, 0.05) is 17.3 Å². The van der Waals surface area contributed by atoms with Crippen LogP contribution in [-0.4, -0.2) is 94.5 Å². The Morgan fingerprint density at radius 1 is 1.08 bits per heavy atom. The second kappa shape index (κ2) is 8.81. The lowest BCUT2D eigenvalue weighted by atomic mass is 9.45. The molecule has 3 unspecified atom stereocenters. The number of rotatable bonds is 6. The zero-order valence-electron chi connectivity index (χ0n) is 21.8. The molecule has 0 saturated heterocycles. The predicted molar refractivity (Wildman–Crippen MR) is 129 cm³/mol. The van der Waals surface area contributed by atoms with Crippen LogP contribution in [0, 0.1) is 28.6 Å². The van der Waals surface area contributed by atoms with Crippen molar-refractivity contribution in [1.82, 2.24) is 0 Å². The van der Waals surface area contributed by atoms with Gasteiger partial charge in [0.15, 0.2) is 5.78 Å². The summed E-state index contributed by atoms with van der Waals surface area (Å²) < 4.78 is 0. The van der Waals surface area contributed by atoms with Crippen LogP contribution in [0.1, 0.15) is 72.6 Å². The molecule has 9 nitrogen and oxygen atoms in total. The van der Waals surface area contributed by atoms with Gasteiger partial charge in [-0.25, -0.2) is 0 Å². The van der Waals surface area contributed by atoms with E-state index in [4.69, 9.17) is 0 Å². The van der Waals surface area contributed by atoms with Gasteiger partial charge in [-0.15, -0.1) is 0 Å². The average molecular weight is 513 g/mol. The fourth-order valence-corrected chi connectivity index (χ4v) is 8.48. The van der Waals surface area contributed by atoms with Gasteiger partial charge in [-0.05, 0) is 81.8 Å². The Kier molecular flexibility index (Phi) is 6.88. The van der Waals surface area contributed by atoms with Gasteiger partial charge in [-0.2, -0.15) is 0 Å². The number of allylic oxidation sites excluding steroid dienone is 1. The molecule has 8 N–H and O–H groups in total. The highest BCUT2D eigenvalue weighted by molar-refractivity contribution is 5.95. The fraction of sp³-hybridized carbons (Fsp3) is 0.889. The summed E-state index contributed by atoms with van der Waals surface area (Å²) in [4.78, 5) is 13.3. The maximum Gasteiger partial charge on any atom is 0.159 e. The van der Waals surface area contributed by atoms with E-state index < -0.39 is 76.4 Å². The molecule has 0 heterocycles. The normalized spacial score (nSPS) is 48.7. The molecular weight excluding hydrogens is 468 g/mol. The van der Waals surface area contributed by atoms with E-state index in [1.54, 1.807) is 6.92 Å². The van der Waals surface area contributed by atoms with Gasteiger partial charge in [0.25, 0.3) is 0 Å². The zero-order chi connectivity index (χ0) is 27.1. The van der Waals surface area contributed by atoms with Gasteiger partial charge >= 0.3 is 0 Å². The quantitative estimate of drug-likeness (QED) is 0.239. The first kappa shape index (κ1) is 28.1. The van der Waals surface area contributed by atoms with Crippen molar-refractivity contribution in [1.29, 1.82) is 0 Å². The van der Waals surface area contributed by atoms with Gasteiger partial charge in [0.1, 0.15) is 0 Å². The number of fused-ring (bicyclic) bond motifs is 5. The Balaban J connectivity index is 1.69. The van der Waals surface area contributed by atoms with Crippen molar-refractivity contribution in [3.63, 3.8) is 0 Å². The topological polar surface area (TPSA) is 179 Å². The lowest BCUT2D eigenvalue weighted by Gasteiger charge is -2.62. The van der Waals surface area contributed by atoms with E-state index >= 15 is 0 Å². The molecular formula is C27H44O9.